The van der Waals surface area contributed by atoms with E-state index in [1.807, 2.05) is 29.7 Å². The molecule has 3 rings (SSSR count). The van der Waals surface area contributed by atoms with Crippen LogP contribution in [-0.4, -0.2) is 22.0 Å². The van der Waals surface area contributed by atoms with Crippen molar-refractivity contribution >= 4 is 17.3 Å². The minimum absolute atomic E-state index is 0.337. The second-order valence-corrected chi connectivity index (χ2v) is 6.11. The summed E-state index contributed by atoms with van der Waals surface area (Å²) < 4.78 is 7.02. The number of nitrogens with one attached hydrogen (secondary N) is 1. The topological polar surface area (TPSA) is 55.6 Å². The lowest BCUT2D eigenvalue weighted by atomic mass is 10.0. The van der Waals surface area contributed by atoms with Crippen LogP contribution in [0.15, 0.2) is 36.5 Å². The van der Waals surface area contributed by atoms with E-state index in [2.05, 4.69) is 42.3 Å². The molecule has 0 bridgehead atoms. The fourth-order valence-electron chi connectivity index (χ4n) is 3.03. The molecule has 0 unspecified atom stereocenters. The molecule has 0 radical (unpaired) electrons. The molecule has 1 N–H and O–H groups in total. The van der Waals surface area contributed by atoms with Gasteiger partial charge in [0, 0.05) is 12.7 Å². The van der Waals surface area contributed by atoms with E-state index in [1.54, 1.807) is 6.92 Å². The standard InChI is InChI=1S/C20H23N3O2/c1-5-25-20(24)18-15(4)23-11-7-10-17(19(23)22-18)21-12-16-13(2)8-6-9-14(16)3/h6-11,21H,5,12H2,1-4H3. The van der Waals surface area contributed by atoms with Crippen LogP contribution in [-0.2, 0) is 11.3 Å². The minimum Gasteiger partial charge on any atom is -0.461 e. The van der Waals surface area contributed by atoms with Crippen LogP contribution in [0.2, 0.25) is 0 Å². The summed E-state index contributed by atoms with van der Waals surface area (Å²) in [5.41, 5.74) is 6.56. The number of imidazole rings is 1. The van der Waals surface area contributed by atoms with Gasteiger partial charge in [-0.15, -0.1) is 0 Å². The molecule has 0 amide bonds. The first-order chi connectivity index (χ1) is 12.0. The van der Waals surface area contributed by atoms with Gasteiger partial charge in [0.15, 0.2) is 11.3 Å². The molecule has 0 aliphatic rings. The van der Waals surface area contributed by atoms with Crippen LogP contribution < -0.4 is 5.32 Å². The fourth-order valence-corrected chi connectivity index (χ4v) is 3.03. The zero-order valence-electron chi connectivity index (χ0n) is 15.1. The van der Waals surface area contributed by atoms with E-state index in [9.17, 15) is 4.79 Å². The van der Waals surface area contributed by atoms with E-state index < -0.39 is 0 Å². The number of esters is 1. The van der Waals surface area contributed by atoms with Crippen LogP contribution in [0.3, 0.4) is 0 Å². The first-order valence-corrected chi connectivity index (χ1v) is 8.46. The van der Waals surface area contributed by atoms with Crippen molar-refractivity contribution in [2.45, 2.75) is 34.2 Å². The Hall–Kier alpha value is -2.82. The van der Waals surface area contributed by atoms with E-state index in [-0.39, 0.29) is 5.97 Å². The molecule has 0 fully saturated rings. The Bertz CT molecular complexity index is 908. The molecule has 5 heteroatoms. The third-order valence-electron chi connectivity index (χ3n) is 4.46. The summed E-state index contributed by atoms with van der Waals surface area (Å²) >= 11 is 0. The highest BCUT2D eigenvalue weighted by Gasteiger charge is 2.18. The number of carbonyl (C=O) groups is 1. The summed E-state index contributed by atoms with van der Waals surface area (Å²) in [5, 5.41) is 3.46. The first-order valence-electron chi connectivity index (χ1n) is 8.46. The van der Waals surface area contributed by atoms with Gasteiger partial charge >= 0.3 is 5.97 Å². The van der Waals surface area contributed by atoms with Gasteiger partial charge < -0.3 is 14.5 Å². The van der Waals surface area contributed by atoms with Gasteiger partial charge in [0.05, 0.1) is 18.0 Å². The minimum atomic E-state index is -0.385. The molecule has 2 heterocycles. The van der Waals surface area contributed by atoms with Gasteiger partial charge in [0.2, 0.25) is 0 Å². The summed E-state index contributed by atoms with van der Waals surface area (Å²) in [5.74, 6) is -0.385. The Morgan fingerprint density at radius 1 is 1.16 bits per heavy atom. The molecule has 0 spiro atoms. The number of carbonyl (C=O) groups excluding carboxylic acids is 1. The first kappa shape index (κ1) is 17.0. The Morgan fingerprint density at radius 2 is 1.88 bits per heavy atom. The van der Waals surface area contributed by atoms with Crippen molar-refractivity contribution in [2.24, 2.45) is 0 Å². The van der Waals surface area contributed by atoms with Crippen molar-refractivity contribution in [3.63, 3.8) is 0 Å². The third kappa shape index (κ3) is 3.22. The van der Waals surface area contributed by atoms with E-state index >= 15 is 0 Å². The van der Waals surface area contributed by atoms with E-state index in [4.69, 9.17) is 4.74 Å². The summed E-state index contributed by atoms with van der Waals surface area (Å²) in [4.78, 5) is 16.6. The molecule has 130 valence electrons. The van der Waals surface area contributed by atoms with Crippen LogP contribution in [0.4, 0.5) is 5.69 Å². The Labute approximate surface area is 147 Å². The molecule has 25 heavy (non-hydrogen) atoms. The molecule has 5 nitrogen and oxygen atoms in total. The molecule has 0 aliphatic heterocycles. The summed E-state index contributed by atoms with van der Waals surface area (Å²) in [7, 11) is 0. The Balaban J connectivity index is 1.94. The highest BCUT2D eigenvalue weighted by atomic mass is 16.5. The van der Waals surface area contributed by atoms with Crippen LogP contribution >= 0.6 is 0 Å². The molecule has 2 aromatic heterocycles. The molecule has 0 saturated heterocycles. The number of hydrogen-bond acceptors (Lipinski definition) is 4. The maximum absolute atomic E-state index is 12.1. The number of hydrogen-bond donors (Lipinski definition) is 1. The average Bonchev–Trinajstić information content (AvgIpc) is 2.93. The monoisotopic (exact) mass is 337 g/mol. The van der Waals surface area contributed by atoms with Crippen molar-refractivity contribution < 1.29 is 9.53 Å². The molecule has 0 saturated carbocycles. The predicted molar refractivity (Wildman–Crippen MR) is 99.1 cm³/mol. The third-order valence-corrected chi connectivity index (χ3v) is 4.46. The Morgan fingerprint density at radius 3 is 2.56 bits per heavy atom. The molecular formula is C20H23N3O2. The average molecular weight is 337 g/mol. The number of benzene rings is 1. The second kappa shape index (κ2) is 6.97. The molecular weight excluding hydrogens is 314 g/mol. The fraction of sp³-hybridized carbons (Fsp3) is 0.300. The zero-order valence-corrected chi connectivity index (χ0v) is 15.1. The number of aryl methyl sites for hydroxylation is 3. The van der Waals surface area contributed by atoms with Gasteiger partial charge in [-0.3, -0.25) is 0 Å². The number of ether oxygens (including phenoxy) is 1. The number of aromatic nitrogens is 2. The summed E-state index contributed by atoms with van der Waals surface area (Å²) in [6, 6.07) is 10.2. The molecule has 0 atom stereocenters. The van der Waals surface area contributed by atoms with Crippen molar-refractivity contribution in [3.05, 3.63) is 64.6 Å². The zero-order chi connectivity index (χ0) is 18.0. The van der Waals surface area contributed by atoms with Crippen molar-refractivity contribution in [1.82, 2.24) is 9.38 Å². The lowest BCUT2D eigenvalue weighted by Gasteiger charge is -2.12. The van der Waals surface area contributed by atoms with Crippen molar-refractivity contribution in [1.29, 1.82) is 0 Å². The number of pyridine rings is 1. The smallest absolute Gasteiger partial charge is 0.358 e. The van der Waals surface area contributed by atoms with Gasteiger partial charge in [0.25, 0.3) is 0 Å². The predicted octanol–water partition coefficient (Wildman–Crippen LogP) is 4.05. The number of nitrogens with zero attached hydrogens (tertiary/aromatic N) is 2. The number of rotatable bonds is 5. The normalized spacial score (nSPS) is 10.9. The van der Waals surface area contributed by atoms with Crippen molar-refractivity contribution in [3.8, 4) is 0 Å². The second-order valence-electron chi connectivity index (χ2n) is 6.11. The van der Waals surface area contributed by atoms with Gasteiger partial charge in [-0.2, -0.15) is 0 Å². The molecule has 3 aromatic rings. The number of fused-ring (bicyclic) bond motifs is 1. The van der Waals surface area contributed by atoms with Gasteiger partial charge in [-0.05, 0) is 56.5 Å². The van der Waals surface area contributed by atoms with Gasteiger partial charge in [-0.25, -0.2) is 9.78 Å². The largest absolute Gasteiger partial charge is 0.461 e. The lowest BCUT2D eigenvalue weighted by molar-refractivity contribution is 0.0519. The molecule has 0 aliphatic carbocycles. The maximum Gasteiger partial charge on any atom is 0.358 e. The van der Waals surface area contributed by atoms with Crippen LogP contribution in [0.25, 0.3) is 5.65 Å². The highest BCUT2D eigenvalue weighted by molar-refractivity contribution is 5.90. The van der Waals surface area contributed by atoms with Gasteiger partial charge in [-0.1, -0.05) is 18.2 Å². The summed E-state index contributed by atoms with van der Waals surface area (Å²) in [6.07, 6.45) is 1.91. The summed E-state index contributed by atoms with van der Waals surface area (Å²) in [6.45, 7) is 8.94. The maximum atomic E-state index is 12.1. The van der Waals surface area contributed by atoms with E-state index in [0.717, 1.165) is 17.0 Å². The lowest BCUT2D eigenvalue weighted by Crippen LogP contribution is -2.06. The van der Waals surface area contributed by atoms with Crippen LogP contribution in [0.1, 0.15) is 39.8 Å². The Kier molecular flexibility index (Phi) is 4.74. The van der Waals surface area contributed by atoms with Gasteiger partial charge in [0.1, 0.15) is 0 Å². The van der Waals surface area contributed by atoms with Crippen LogP contribution in [0, 0.1) is 20.8 Å². The van der Waals surface area contributed by atoms with E-state index in [1.165, 1.54) is 16.7 Å². The number of anilines is 1. The quantitative estimate of drug-likeness (QED) is 0.714. The van der Waals surface area contributed by atoms with E-state index in [0.29, 0.717) is 18.8 Å². The SMILES string of the molecule is CCOC(=O)c1nc2c(NCc3c(C)cccc3C)cccn2c1C. The molecule has 1 aromatic carbocycles. The van der Waals surface area contributed by atoms with Crippen molar-refractivity contribution in [2.75, 3.05) is 11.9 Å². The van der Waals surface area contributed by atoms with Crippen LogP contribution in [0.5, 0.6) is 0 Å². The highest BCUT2D eigenvalue weighted by Crippen LogP contribution is 2.22.